The molecule has 5 aromatic rings. The number of para-hydroxylation sites is 2. The van der Waals surface area contributed by atoms with Crippen LogP contribution in [-0.4, -0.2) is 15.2 Å². The summed E-state index contributed by atoms with van der Waals surface area (Å²) in [4.78, 5) is 4.52. The van der Waals surface area contributed by atoms with Gasteiger partial charge >= 0.3 is 0 Å². The van der Waals surface area contributed by atoms with Gasteiger partial charge in [-0.15, -0.1) is 10.2 Å². The number of oxazole rings is 1. The molecule has 0 saturated carbocycles. The predicted octanol–water partition coefficient (Wildman–Crippen LogP) is 5.59. The van der Waals surface area contributed by atoms with Crippen LogP contribution in [0.2, 0.25) is 0 Å². The van der Waals surface area contributed by atoms with E-state index in [0.717, 1.165) is 38.2 Å². The van der Waals surface area contributed by atoms with Crippen molar-refractivity contribution in [3.63, 3.8) is 0 Å². The van der Waals surface area contributed by atoms with Crippen molar-refractivity contribution in [2.75, 3.05) is 0 Å². The van der Waals surface area contributed by atoms with Crippen molar-refractivity contribution >= 4 is 33.6 Å². The van der Waals surface area contributed by atoms with Gasteiger partial charge in [-0.1, -0.05) is 66.7 Å². The maximum atomic E-state index is 5.82. The Morgan fingerprint density at radius 3 is 2.27 bits per heavy atom. The van der Waals surface area contributed by atoms with E-state index in [4.69, 9.17) is 4.42 Å². The van der Waals surface area contributed by atoms with E-state index >= 15 is 0 Å². The highest BCUT2D eigenvalue weighted by Crippen LogP contribution is 2.35. The predicted molar refractivity (Wildman–Crippen MR) is 103 cm³/mol. The van der Waals surface area contributed by atoms with E-state index in [0.29, 0.717) is 5.22 Å². The first-order valence-corrected chi connectivity index (χ1v) is 9.04. The third-order valence-electron chi connectivity index (χ3n) is 4.16. The van der Waals surface area contributed by atoms with E-state index in [2.05, 4.69) is 27.3 Å². The van der Waals surface area contributed by atoms with Crippen LogP contribution in [0.1, 0.15) is 0 Å². The molecule has 0 aliphatic carbocycles. The molecule has 3 aromatic carbocycles. The van der Waals surface area contributed by atoms with E-state index in [1.807, 2.05) is 66.7 Å². The fourth-order valence-electron chi connectivity index (χ4n) is 2.94. The van der Waals surface area contributed by atoms with E-state index in [-0.39, 0.29) is 0 Å². The average Bonchev–Trinajstić information content (AvgIpc) is 3.11. The second-order valence-corrected chi connectivity index (χ2v) is 6.75. The van der Waals surface area contributed by atoms with Gasteiger partial charge in [0.2, 0.25) is 0 Å². The molecule has 0 aliphatic rings. The molecule has 0 fully saturated rings. The van der Waals surface area contributed by atoms with Crippen molar-refractivity contribution in [2.24, 2.45) is 0 Å². The molecule has 124 valence electrons. The number of aromatic nitrogens is 3. The Kier molecular flexibility index (Phi) is 3.65. The molecular formula is C21H13N3OS. The molecule has 0 unspecified atom stereocenters. The first-order valence-electron chi connectivity index (χ1n) is 8.23. The zero-order valence-electron chi connectivity index (χ0n) is 13.7. The molecule has 0 bridgehead atoms. The van der Waals surface area contributed by atoms with Crippen LogP contribution in [0.5, 0.6) is 0 Å². The summed E-state index contributed by atoms with van der Waals surface area (Å²) in [6.45, 7) is 0. The van der Waals surface area contributed by atoms with Gasteiger partial charge in [0.1, 0.15) is 16.2 Å². The van der Waals surface area contributed by atoms with Crippen LogP contribution in [0.25, 0.3) is 33.1 Å². The van der Waals surface area contributed by atoms with Gasteiger partial charge in [-0.2, -0.15) is 0 Å². The highest BCUT2D eigenvalue weighted by atomic mass is 32.2. The van der Waals surface area contributed by atoms with Crippen LogP contribution in [0, 0.1) is 0 Å². The summed E-state index contributed by atoms with van der Waals surface area (Å²) in [6, 6.07) is 26.0. The molecule has 0 saturated heterocycles. The van der Waals surface area contributed by atoms with Gasteiger partial charge < -0.3 is 4.42 Å². The minimum atomic E-state index is 0.568. The van der Waals surface area contributed by atoms with Gasteiger partial charge in [-0.25, -0.2) is 4.98 Å². The topological polar surface area (TPSA) is 51.8 Å². The molecule has 5 heteroatoms. The fourth-order valence-corrected chi connectivity index (χ4v) is 3.75. The van der Waals surface area contributed by atoms with Crippen molar-refractivity contribution in [1.82, 2.24) is 15.2 Å². The van der Waals surface area contributed by atoms with Crippen molar-refractivity contribution < 1.29 is 4.42 Å². The number of hydrogen-bond donors (Lipinski definition) is 0. The molecule has 2 heterocycles. The second kappa shape index (κ2) is 6.28. The molecule has 0 atom stereocenters. The number of rotatable bonds is 3. The van der Waals surface area contributed by atoms with Gasteiger partial charge in [0, 0.05) is 16.3 Å². The van der Waals surface area contributed by atoms with Crippen molar-refractivity contribution in [3.8, 4) is 11.3 Å². The summed E-state index contributed by atoms with van der Waals surface area (Å²) in [5, 5.41) is 12.4. The average molecular weight is 355 g/mol. The van der Waals surface area contributed by atoms with Crippen molar-refractivity contribution in [3.05, 3.63) is 78.9 Å². The Hall–Kier alpha value is -3.18. The van der Waals surface area contributed by atoms with E-state index in [1.54, 1.807) is 0 Å². The standard InChI is InChI=1S/C21H13N3OS/c1-2-8-14(9-3-1)19-15-10-4-5-11-16(15)20(24-23-19)26-21-22-17-12-6-7-13-18(17)25-21/h1-13H. The number of nitrogens with zero attached hydrogens (tertiary/aromatic N) is 3. The fraction of sp³-hybridized carbons (Fsp3) is 0. The molecule has 0 N–H and O–H groups in total. The maximum Gasteiger partial charge on any atom is 0.263 e. The molecule has 4 nitrogen and oxygen atoms in total. The Morgan fingerprint density at radius 1 is 0.692 bits per heavy atom. The molecule has 2 aromatic heterocycles. The van der Waals surface area contributed by atoms with Crippen molar-refractivity contribution in [1.29, 1.82) is 0 Å². The monoisotopic (exact) mass is 355 g/mol. The number of benzene rings is 3. The molecule has 0 amide bonds. The largest absolute Gasteiger partial charge is 0.431 e. The normalized spacial score (nSPS) is 11.2. The molecule has 5 rings (SSSR count). The van der Waals surface area contributed by atoms with Gasteiger partial charge in [-0.05, 0) is 23.9 Å². The summed E-state index contributed by atoms with van der Waals surface area (Å²) in [5.41, 5.74) is 3.54. The minimum absolute atomic E-state index is 0.568. The third kappa shape index (κ3) is 2.62. The lowest BCUT2D eigenvalue weighted by Gasteiger charge is -2.07. The Bertz CT molecular complexity index is 1180. The van der Waals surface area contributed by atoms with E-state index in [1.165, 1.54) is 11.8 Å². The van der Waals surface area contributed by atoms with Crippen LogP contribution in [0.4, 0.5) is 0 Å². The summed E-state index contributed by atoms with van der Waals surface area (Å²) < 4.78 is 5.82. The zero-order valence-corrected chi connectivity index (χ0v) is 14.5. The SMILES string of the molecule is c1ccc(-c2nnc(Sc3nc4ccccc4o3)c3ccccc23)cc1. The summed E-state index contributed by atoms with van der Waals surface area (Å²) in [5.74, 6) is 0. The first kappa shape index (κ1) is 15.1. The van der Waals surface area contributed by atoms with Gasteiger partial charge in [0.05, 0.1) is 0 Å². The quantitative estimate of drug-likeness (QED) is 0.422. The van der Waals surface area contributed by atoms with Crippen LogP contribution in [0.15, 0.2) is 93.5 Å². The Balaban J connectivity index is 1.63. The number of fused-ring (bicyclic) bond motifs is 2. The highest BCUT2D eigenvalue weighted by molar-refractivity contribution is 7.99. The zero-order chi connectivity index (χ0) is 17.3. The molecule has 0 spiro atoms. The Labute approximate surface area is 153 Å². The lowest BCUT2D eigenvalue weighted by molar-refractivity contribution is 0.489. The van der Waals surface area contributed by atoms with Crippen LogP contribution >= 0.6 is 11.8 Å². The van der Waals surface area contributed by atoms with Gasteiger partial charge in [-0.3, -0.25) is 0 Å². The lowest BCUT2D eigenvalue weighted by Crippen LogP contribution is -1.93. The van der Waals surface area contributed by atoms with E-state index < -0.39 is 0 Å². The summed E-state index contributed by atoms with van der Waals surface area (Å²) in [7, 11) is 0. The first-order chi connectivity index (χ1) is 12.9. The number of hydrogen-bond acceptors (Lipinski definition) is 5. The Morgan fingerprint density at radius 2 is 1.42 bits per heavy atom. The maximum absolute atomic E-state index is 5.82. The van der Waals surface area contributed by atoms with Crippen molar-refractivity contribution in [2.45, 2.75) is 10.2 Å². The van der Waals surface area contributed by atoms with Crippen LogP contribution < -0.4 is 0 Å². The molecule has 0 aliphatic heterocycles. The smallest absolute Gasteiger partial charge is 0.263 e. The summed E-state index contributed by atoms with van der Waals surface area (Å²) in [6.07, 6.45) is 0. The van der Waals surface area contributed by atoms with Crippen LogP contribution in [-0.2, 0) is 0 Å². The van der Waals surface area contributed by atoms with E-state index in [9.17, 15) is 0 Å². The molecule has 0 radical (unpaired) electrons. The lowest BCUT2D eigenvalue weighted by atomic mass is 10.1. The third-order valence-corrected chi connectivity index (χ3v) is 5.00. The molecular weight excluding hydrogens is 342 g/mol. The second-order valence-electron chi connectivity index (χ2n) is 5.81. The van der Waals surface area contributed by atoms with Gasteiger partial charge in [0.15, 0.2) is 5.58 Å². The highest BCUT2D eigenvalue weighted by Gasteiger charge is 2.14. The molecule has 26 heavy (non-hydrogen) atoms. The summed E-state index contributed by atoms with van der Waals surface area (Å²) >= 11 is 1.40. The minimum Gasteiger partial charge on any atom is -0.431 e. The van der Waals surface area contributed by atoms with Crippen LogP contribution in [0.3, 0.4) is 0 Å². The van der Waals surface area contributed by atoms with Gasteiger partial charge in [0.25, 0.3) is 5.22 Å².